The summed E-state index contributed by atoms with van der Waals surface area (Å²) >= 11 is 0. The van der Waals surface area contributed by atoms with Gasteiger partial charge in [0.1, 0.15) is 37.9 Å². The van der Waals surface area contributed by atoms with Gasteiger partial charge in [0.05, 0.1) is 13.2 Å². The van der Waals surface area contributed by atoms with Gasteiger partial charge < -0.3 is 18.9 Å². The molecule has 0 saturated heterocycles. The second-order valence-corrected chi connectivity index (χ2v) is 7.04. The van der Waals surface area contributed by atoms with Crippen LogP contribution >= 0.6 is 0 Å². The number of nitrogens with zero attached hydrogens (tertiary/aromatic N) is 2. The third-order valence-corrected chi connectivity index (χ3v) is 4.92. The molecule has 6 heteroatoms. The maximum absolute atomic E-state index is 5.72. The summed E-state index contributed by atoms with van der Waals surface area (Å²) in [5.74, 6) is 1.62. The summed E-state index contributed by atoms with van der Waals surface area (Å²) in [6, 6.07) is 16.2. The monoisotopic (exact) mass is 408 g/mol. The minimum atomic E-state index is 0.519. The Morgan fingerprint density at radius 2 is 0.867 bits per heavy atom. The third-order valence-electron chi connectivity index (χ3n) is 4.92. The molecule has 156 valence electrons. The number of benzene rings is 1. The molecule has 3 aromatic rings. The van der Waals surface area contributed by atoms with Crippen molar-refractivity contribution in [3.05, 3.63) is 73.3 Å². The smallest absolute Gasteiger partial charge is 0.171 e. The molecule has 9 rings (SSSR count). The first-order valence-corrected chi connectivity index (χ1v) is 10.4. The Balaban J connectivity index is 1.39. The van der Waals surface area contributed by atoms with E-state index in [0.29, 0.717) is 39.6 Å². The van der Waals surface area contributed by atoms with E-state index in [1.54, 1.807) is 0 Å². The molecule has 6 aliphatic rings. The molecule has 2 aromatic heterocycles. The molecule has 0 aliphatic carbocycles. The fourth-order valence-corrected chi connectivity index (χ4v) is 3.21. The number of hydrogen-bond donors (Lipinski definition) is 0. The molecule has 6 nitrogen and oxygen atoms in total. The number of aromatic nitrogens is 2. The van der Waals surface area contributed by atoms with Crippen LogP contribution < -0.4 is 18.6 Å². The Labute approximate surface area is 177 Å². The number of hydrogen-bond acceptors (Lipinski definition) is 4. The molecular formula is C24H28N2O4+2. The van der Waals surface area contributed by atoms with Gasteiger partial charge in [-0.2, -0.15) is 0 Å². The van der Waals surface area contributed by atoms with Crippen molar-refractivity contribution in [2.24, 2.45) is 0 Å². The standard InChI is InChI=1S/C24H28N2O4/c1-2-24-4-3-23(1)29-19-17-27-15-13-25-9-5-21(6-10-25)22-7-11-26(12-8-22)14-16-28-18-20-30-24/h1-12H,13-20H2/q+2. The van der Waals surface area contributed by atoms with Crippen molar-refractivity contribution >= 4 is 0 Å². The van der Waals surface area contributed by atoms with Crippen LogP contribution in [0.1, 0.15) is 0 Å². The van der Waals surface area contributed by atoms with Gasteiger partial charge in [0.2, 0.25) is 0 Å². The highest BCUT2D eigenvalue weighted by molar-refractivity contribution is 5.60. The summed E-state index contributed by atoms with van der Waals surface area (Å²) in [7, 11) is 0. The van der Waals surface area contributed by atoms with Gasteiger partial charge in [-0.25, -0.2) is 9.13 Å². The van der Waals surface area contributed by atoms with Gasteiger partial charge in [0.15, 0.2) is 37.9 Å². The third kappa shape index (κ3) is 6.02. The average molecular weight is 408 g/mol. The molecule has 1 aromatic carbocycles. The van der Waals surface area contributed by atoms with Crippen LogP contribution in [-0.4, -0.2) is 39.6 Å². The van der Waals surface area contributed by atoms with Crippen LogP contribution in [0.15, 0.2) is 73.3 Å². The molecule has 30 heavy (non-hydrogen) atoms. The summed E-state index contributed by atoms with van der Waals surface area (Å²) in [4.78, 5) is 0. The van der Waals surface area contributed by atoms with Gasteiger partial charge in [-0.1, -0.05) is 0 Å². The molecule has 0 N–H and O–H groups in total. The zero-order valence-electron chi connectivity index (χ0n) is 17.1. The van der Waals surface area contributed by atoms with Gasteiger partial charge in [0.25, 0.3) is 0 Å². The SMILES string of the molecule is c1cc2ccc1OCCOCC[n+]1ccc(cc1)-c1cc[n+](cc1)CCOCCO2. The molecule has 0 saturated carbocycles. The predicted octanol–water partition coefficient (Wildman–Crippen LogP) is 2.43. The van der Waals surface area contributed by atoms with E-state index in [1.807, 2.05) is 24.3 Å². The summed E-state index contributed by atoms with van der Waals surface area (Å²) in [6.07, 6.45) is 8.36. The van der Waals surface area contributed by atoms with Crippen LogP contribution in [0.5, 0.6) is 11.5 Å². The molecule has 6 bridgehead atoms. The lowest BCUT2D eigenvalue weighted by molar-refractivity contribution is -0.698. The van der Waals surface area contributed by atoms with E-state index in [4.69, 9.17) is 18.9 Å². The van der Waals surface area contributed by atoms with Crippen LogP contribution in [0.2, 0.25) is 0 Å². The first-order valence-electron chi connectivity index (χ1n) is 10.4. The minimum absolute atomic E-state index is 0.519. The van der Waals surface area contributed by atoms with Crippen LogP contribution in [-0.2, 0) is 22.6 Å². The fourth-order valence-electron chi connectivity index (χ4n) is 3.21. The normalized spacial score (nSPS) is 15.9. The van der Waals surface area contributed by atoms with Gasteiger partial charge in [-0.3, -0.25) is 0 Å². The maximum atomic E-state index is 5.72. The summed E-state index contributed by atoms with van der Waals surface area (Å²) < 4.78 is 27.1. The van der Waals surface area contributed by atoms with E-state index in [-0.39, 0.29) is 0 Å². The largest absolute Gasteiger partial charge is 0.491 e. The second kappa shape index (κ2) is 10.7. The number of ether oxygens (including phenoxy) is 4. The molecule has 0 fully saturated rings. The van der Waals surface area contributed by atoms with E-state index < -0.39 is 0 Å². The topological polar surface area (TPSA) is 44.7 Å². The summed E-state index contributed by atoms with van der Waals surface area (Å²) in [6.45, 7) is 5.05. The molecule has 6 aliphatic heterocycles. The maximum Gasteiger partial charge on any atom is 0.171 e. The highest BCUT2D eigenvalue weighted by Crippen LogP contribution is 2.17. The average Bonchev–Trinajstić information content (AvgIpc) is 2.80. The van der Waals surface area contributed by atoms with Crippen molar-refractivity contribution in [3.63, 3.8) is 0 Å². The predicted molar refractivity (Wildman–Crippen MR) is 111 cm³/mol. The van der Waals surface area contributed by atoms with Crippen molar-refractivity contribution in [2.45, 2.75) is 13.1 Å². The highest BCUT2D eigenvalue weighted by Gasteiger charge is 2.06. The van der Waals surface area contributed by atoms with Crippen LogP contribution in [0.4, 0.5) is 0 Å². The van der Waals surface area contributed by atoms with Gasteiger partial charge in [-0.05, 0) is 35.4 Å². The van der Waals surface area contributed by atoms with Crippen molar-refractivity contribution in [1.82, 2.24) is 0 Å². The Morgan fingerprint density at radius 3 is 1.27 bits per heavy atom. The van der Waals surface area contributed by atoms with E-state index in [2.05, 4.69) is 58.2 Å². The van der Waals surface area contributed by atoms with Crippen LogP contribution in [0.3, 0.4) is 0 Å². The first-order chi connectivity index (χ1) is 14.9. The van der Waals surface area contributed by atoms with E-state index in [9.17, 15) is 0 Å². The lowest BCUT2D eigenvalue weighted by Crippen LogP contribution is -2.35. The Morgan fingerprint density at radius 1 is 0.467 bits per heavy atom. The van der Waals surface area contributed by atoms with Crippen LogP contribution in [0.25, 0.3) is 11.1 Å². The molecule has 0 amide bonds. The minimum Gasteiger partial charge on any atom is -0.491 e. The quantitative estimate of drug-likeness (QED) is 0.536. The lowest BCUT2D eigenvalue weighted by Gasteiger charge is -2.09. The van der Waals surface area contributed by atoms with Gasteiger partial charge in [-0.15, -0.1) is 0 Å². The van der Waals surface area contributed by atoms with Crippen molar-refractivity contribution in [2.75, 3.05) is 39.6 Å². The highest BCUT2D eigenvalue weighted by atomic mass is 16.5. The van der Waals surface area contributed by atoms with Crippen molar-refractivity contribution in [1.29, 1.82) is 0 Å². The Bertz CT molecular complexity index is 819. The molecule has 0 atom stereocenters. The first kappa shape index (κ1) is 20.3. The summed E-state index contributed by atoms with van der Waals surface area (Å²) in [5.41, 5.74) is 2.39. The van der Waals surface area contributed by atoms with Crippen LogP contribution in [0, 0.1) is 0 Å². The van der Waals surface area contributed by atoms with E-state index in [0.717, 1.165) is 24.6 Å². The molecule has 8 heterocycles. The fraction of sp³-hybridized carbons (Fsp3) is 0.333. The molecule has 0 unspecified atom stereocenters. The lowest BCUT2D eigenvalue weighted by atomic mass is 10.1. The van der Waals surface area contributed by atoms with Gasteiger partial charge in [0, 0.05) is 24.3 Å². The molecule has 0 radical (unpaired) electrons. The van der Waals surface area contributed by atoms with Crippen molar-refractivity contribution < 1.29 is 28.1 Å². The Hall–Kier alpha value is -2.96. The molecule has 0 spiro atoms. The summed E-state index contributed by atoms with van der Waals surface area (Å²) in [5, 5.41) is 0. The van der Waals surface area contributed by atoms with Gasteiger partial charge >= 0.3 is 0 Å². The zero-order valence-corrected chi connectivity index (χ0v) is 17.1. The van der Waals surface area contributed by atoms with E-state index >= 15 is 0 Å². The molecular weight excluding hydrogens is 380 g/mol. The zero-order chi connectivity index (χ0) is 20.4. The van der Waals surface area contributed by atoms with E-state index in [1.165, 1.54) is 11.1 Å². The Kier molecular flexibility index (Phi) is 7.26. The number of pyridine rings is 2. The van der Waals surface area contributed by atoms with Crippen molar-refractivity contribution in [3.8, 4) is 22.6 Å². The number of rotatable bonds is 0. The second-order valence-electron chi connectivity index (χ2n) is 7.04.